The molecule has 6 heteroatoms. The SMILES string of the molecule is OC(Cc1ccc(Cl)cc1F)c1ccc(F)c(F)c1Br. The fourth-order valence-corrected chi connectivity index (χ4v) is 2.55. The topological polar surface area (TPSA) is 20.2 Å². The fraction of sp³-hybridized carbons (Fsp3) is 0.143. The molecule has 2 rings (SSSR count). The van der Waals surface area contributed by atoms with Crippen LogP contribution in [0, 0.1) is 17.5 Å². The van der Waals surface area contributed by atoms with Crippen LogP contribution in [0.1, 0.15) is 17.2 Å². The number of hydrogen-bond donors (Lipinski definition) is 1. The maximum Gasteiger partial charge on any atom is 0.173 e. The van der Waals surface area contributed by atoms with Crippen LogP contribution in [0.4, 0.5) is 13.2 Å². The first-order chi connectivity index (χ1) is 9.40. The summed E-state index contributed by atoms with van der Waals surface area (Å²) in [7, 11) is 0. The van der Waals surface area contributed by atoms with Gasteiger partial charge in [-0.05, 0) is 45.3 Å². The van der Waals surface area contributed by atoms with E-state index in [4.69, 9.17) is 11.6 Å². The predicted molar refractivity (Wildman–Crippen MR) is 74.1 cm³/mol. The summed E-state index contributed by atoms with van der Waals surface area (Å²) in [5.74, 6) is -2.67. The van der Waals surface area contributed by atoms with Gasteiger partial charge in [0.05, 0.1) is 10.6 Å². The molecule has 1 unspecified atom stereocenters. The molecule has 1 atom stereocenters. The molecule has 20 heavy (non-hydrogen) atoms. The highest BCUT2D eigenvalue weighted by molar-refractivity contribution is 9.10. The average molecular weight is 366 g/mol. The van der Waals surface area contributed by atoms with Crippen molar-refractivity contribution in [2.45, 2.75) is 12.5 Å². The Balaban J connectivity index is 2.28. The number of halogens is 5. The van der Waals surface area contributed by atoms with Gasteiger partial charge in [-0.1, -0.05) is 23.7 Å². The predicted octanol–water partition coefficient (Wildman–Crippen LogP) is 4.80. The molecule has 0 aromatic heterocycles. The van der Waals surface area contributed by atoms with Crippen molar-refractivity contribution in [3.63, 3.8) is 0 Å². The van der Waals surface area contributed by atoms with E-state index in [0.29, 0.717) is 0 Å². The Morgan fingerprint density at radius 3 is 2.45 bits per heavy atom. The Hall–Kier alpha value is -1.04. The molecule has 0 saturated heterocycles. The van der Waals surface area contributed by atoms with E-state index in [1.54, 1.807) is 0 Å². The monoisotopic (exact) mass is 364 g/mol. The second-order valence-corrected chi connectivity index (χ2v) is 5.45. The zero-order valence-corrected chi connectivity index (χ0v) is 12.4. The molecule has 1 N–H and O–H groups in total. The molecule has 2 aromatic carbocycles. The molecule has 0 aliphatic heterocycles. The summed E-state index contributed by atoms with van der Waals surface area (Å²) in [5.41, 5.74) is 0.386. The highest BCUT2D eigenvalue weighted by Crippen LogP contribution is 2.30. The van der Waals surface area contributed by atoms with Gasteiger partial charge in [-0.25, -0.2) is 13.2 Å². The normalized spacial score (nSPS) is 12.5. The molecule has 0 heterocycles. The lowest BCUT2D eigenvalue weighted by Gasteiger charge is -2.14. The summed E-state index contributed by atoms with van der Waals surface area (Å²) >= 11 is 8.52. The maximum atomic E-state index is 13.6. The Labute approximate surface area is 127 Å². The van der Waals surface area contributed by atoms with E-state index in [-0.39, 0.29) is 27.0 Å². The minimum Gasteiger partial charge on any atom is -0.388 e. The minimum absolute atomic E-state index is 0.0767. The molecule has 0 radical (unpaired) electrons. The van der Waals surface area contributed by atoms with E-state index in [1.807, 2.05) is 0 Å². The third-order valence-electron chi connectivity index (χ3n) is 2.85. The lowest BCUT2D eigenvalue weighted by Crippen LogP contribution is -2.06. The van der Waals surface area contributed by atoms with E-state index >= 15 is 0 Å². The number of aliphatic hydroxyl groups excluding tert-OH is 1. The standard InChI is InChI=1S/C14H9BrClF3O/c15-13-9(3-4-10(17)14(13)19)12(20)5-7-1-2-8(16)6-11(7)18/h1-4,6,12,20H,5H2. The van der Waals surface area contributed by atoms with Crippen molar-refractivity contribution in [1.82, 2.24) is 0 Å². The number of hydrogen-bond acceptors (Lipinski definition) is 1. The van der Waals surface area contributed by atoms with Gasteiger partial charge in [0.15, 0.2) is 11.6 Å². The molecule has 2 aromatic rings. The molecule has 0 spiro atoms. The van der Waals surface area contributed by atoms with E-state index < -0.39 is 23.6 Å². The van der Waals surface area contributed by atoms with E-state index in [0.717, 1.165) is 12.1 Å². The van der Waals surface area contributed by atoms with Crippen molar-refractivity contribution in [3.8, 4) is 0 Å². The van der Waals surface area contributed by atoms with Gasteiger partial charge in [0.2, 0.25) is 0 Å². The Bertz CT molecular complexity index is 649. The Morgan fingerprint density at radius 2 is 1.80 bits per heavy atom. The maximum absolute atomic E-state index is 13.6. The molecule has 0 aliphatic rings. The average Bonchev–Trinajstić information content (AvgIpc) is 2.39. The van der Waals surface area contributed by atoms with E-state index in [1.165, 1.54) is 18.2 Å². The molecule has 0 amide bonds. The molecular formula is C14H9BrClF3O. The molecule has 0 aliphatic carbocycles. The van der Waals surface area contributed by atoms with Gasteiger partial charge in [-0.15, -0.1) is 0 Å². The van der Waals surface area contributed by atoms with Crippen LogP contribution in [0.15, 0.2) is 34.8 Å². The first-order valence-electron chi connectivity index (χ1n) is 5.65. The highest BCUT2D eigenvalue weighted by Gasteiger charge is 2.18. The van der Waals surface area contributed by atoms with Crippen LogP contribution in [0.5, 0.6) is 0 Å². The molecular weight excluding hydrogens is 357 g/mol. The second-order valence-electron chi connectivity index (χ2n) is 4.22. The smallest absolute Gasteiger partial charge is 0.173 e. The summed E-state index contributed by atoms with van der Waals surface area (Å²) in [6.45, 7) is 0. The summed E-state index contributed by atoms with van der Waals surface area (Å²) in [6, 6.07) is 6.23. The van der Waals surface area contributed by atoms with Gasteiger partial charge < -0.3 is 5.11 Å². The van der Waals surface area contributed by atoms with E-state index in [2.05, 4.69) is 15.9 Å². The highest BCUT2D eigenvalue weighted by atomic mass is 79.9. The van der Waals surface area contributed by atoms with Gasteiger partial charge in [-0.3, -0.25) is 0 Å². The van der Waals surface area contributed by atoms with Crippen LogP contribution in [0.2, 0.25) is 5.02 Å². The van der Waals surface area contributed by atoms with Crippen LogP contribution >= 0.6 is 27.5 Å². The lowest BCUT2D eigenvalue weighted by molar-refractivity contribution is 0.175. The zero-order chi connectivity index (χ0) is 14.9. The second kappa shape index (κ2) is 6.16. The Morgan fingerprint density at radius 1 is 1.10 bits per heavy atom. The molecule has 0 bridgehead atoms. The van der Waals surface area contributed by atoms with Crippen molar-refractivity contribution in [2.24, 2.45) is 0 Å². The summed E-state index contributed by atoms with van der Waals surface area (Å²) in [6.07, 6.45) is -1.25. The van der Waals surface area contributed by atoms with Crippen molar-refractivity contribution in [3.05, 3.63) is 68.4 Å². The molecule has 106 valence electrons. The van der Waals surface area contributed by atoms with Crippen LogP contribution < -0.4 is 0 Å². The quantitative estimate of drug-likeness (QED) is 0.775. The molecule has 1 nitrogen and oxygen atoms in total. The molecule has 0 saturated carbocycles. The Kier molecular flexibility index (Phi) is 4.73. The van der Waals surface area contributed by atoms with Gasteiger partial charge >= 0.3 is 0 Å². The van der Waals surface area contributed by atoms with Crippen molar-refractivity contribution >= 4 is 27.5 Å². The number of benzene rings is 2. The van der Waals surface area contributed by atoms with Gasteiger partial charge in [0.1, 0.15) is 5.82 Å². The van der Waals surface area contributed by atoms with Crippen LogP contribution in [-0.2, 0) is 6.42 Å². The van der Waals surface area contributed by atoms with Crippen LogP contribution in [-0.4, -0.2) is 5.11 Å². The van der Waals surface area contributed by atoms with Gasteiger partial charge in [0, 0.05) is 11.4 Å². The van der Waals surface area contributed by atoms with Crippen molar-refractivity contribution in [1.29, 1.82) is 0 Å². The third kappa shape index (κ3) is 3.16. The van der Waals surface area contributed by atoms with Crippen LogP contribution in [0.25, 0.3) is 0 Å². The van der Waals surface area contributed by atoms with Crippen molar-refractivity contribution < 1.29 is 18.3 Å². The van der Waals surface area contributed by atoms with Gasteiger partial charge in [-0.2, -0.15) is 0 Å². The minimum atomic E-state index is -1.17. The number of aliphatic hydroxyl groups is 1. The summed E-state index contributed by atoms with van der Waals surface area (Å²) in [5, 5.41) is 10.3. The largest absolute Gasteiger partial charge is 0.388 e. The van der Waals surface area contributed by atoms with Crippen molar-refractivity contribution in [2.75, 3.05) is 0 Å². The first kappa shape index (κ1) is 15.4. The van der Waals surface area contributed by atoms with Crippen LogP contribution in [0.3, 0.4) is 0 Å². The summed E-state index contributed by atoms with van der Waals surface area (Å²) < 4.78 is 39.9. The molecule has 0 fully saturated rings. The lowest BCUT2D eigenvalue weighted by atomic mass is 10.0. The van der Waals surface area contributed by atoms with Gasteiger partial charge in [0.25, 0.3) is 0 Å². The third-order valence-corrected chi connectivity index (χ3v) is 3.89. The number of rotatable bonds is 3. The first-order valence-corrected chi connectivity index (χ1v) is 6.82. The zero-order valence-electron chi connectivity index (χ0n) is 10.0. The summed E-state index contributed by atoms with van der Waals surface area (Å²) in [4.78, 5) is 0. The van der Waals surface area contributed by atoms with E-state index in [9.17, 15) is 18.3 Å². The fourth-order valence-electron chi connectivity index (χ4n) is 1.80.